The third-order valence-corrected chi connectivity index (χ3v) is 1.88. The lowest BCUT2D eigenvalue weighted by Crippen LogP contribution is -2.21. The van der Waals surface area contributed by atoms with Gasteiger partial charge in [-0.15, -0.1) is 0 Å². The Balaban J connectivity index is 3.17. The Morgan fingerprint density at radius 3 is 2.42 bits per heavy atom. The van der Waals surface area contributed by atoms with Crippen molar-refractivity contribution in [1.29, 1.82) is 0 Å². The molecule has 1 aromatic rings. The molecule has 0 bridgehead atoms. The van der Waals surface area contributed by atoms with Gasteiger partial charge in [0.25, 0.3) is 10.0 Å². The van der Waals surface area contributed by atoms with Gasteiger partial charge >= 0.3 is 6.03 Å². The SMILES string of the molecule is NC(=O)n1ccc(S(N)(=O)=O)n1. The first-order valence-electron chi connectivity index (χ1n) is 2.79. The third-order valence-electron chi connectivity index (χ3n) is 1.08. The van der Waals surface area contributed by atoms with Crippen LogP contribution in [0.4, 0.5) is 4.79 Å². The number of aromatic nitrogens is 2. The second-order valence-electron chi connectivity index (χ2n) is 1.98. The average Bonchev–Trinajstić information content (AvgIpc) is 2.30. The molecule has 0 unspecified atom stereocenters. The van der Waals surface area contributed by atoms with Crippen LogP contribution < -0.4 is 10.9 Å². The Labute approximate surface area is 68.0 Å². The van der Waals surface area contributed by atoms with Gasteiger partial charge in [-0.05, 0) is 6.07 Å². The molecule has 0 aliphatic heterocycles. The maximum atomic E-state index is 10.6. The van der Waals surface area contributed by atoms with Crippen LogP contribution in [0.2, 0.25) is 0 Å². The molecule has 0 aliphatic rings. The fourth-order valence-corrected chi connectivity index (χ4v) is 1.03. The largest absolute Gasteiger partial charge is 0.350 e. The lowest BCUT2D eigenvalue weighted by molar-refractivity contribution is 0.247. The molecule has 1 aromatic heterocycles. The molecule has 0 fully saturated rings. The van der Waals surface area contributed by atoms with E-state index >= 15 is 0 Å². The van der Waals surface area contributed by atoms with Gasteiger partial charge < -0.3 is 5.73 Å². The van der Waals surface area contributed by atoms with Crippen LogP contribution in [-0.4, -0.2) is 24.2 Å². The van der Waals surface area contributed by atoms with E-state index in [0.717, 1.165) is 12.3 Å². The zero-order chi connectivity index (χ0) is 9.35. The Kier molecular flexibility index (Phi) is 1.86. The molecule has 0 aliphatic carbocycles. The van der Waals surface area contributed by atoms with E-state index < -0.39 is 16.1 Å². The number of amides is 1. The van der Waals surface area contributed by atoms with Gasteiger partial charge in [-0.3, -0.25) is 0 Å². The number of primary sulfonamides is 1. The van der Waals surface area contributed by atoms with Gasteiger partial charge in [0.15, 0.2) is 5.03 Å². The molecule has 0 aromatic carbocycles. The van der Waals surface area contributed by atoms with Crippen LogP contribution in [-0.2, 0) is 10.0 Å². The van der Waals surface area contributed by atoms with Gasteiger partial charge in [0.2, 0.25) is 0 Å². The van der Waals surface area contributed by atoms with Crippen molar-refractivity contribution in [2.24, 2.45) is 10.9 Å². The first kappa shape index (κ1) is 8.68. The number of carbonyl (C=O) groups excluding carboxylic acids is 1. The first-order chi connectivity index (χ1) is 5.41. The average molecular weight is 190 g/mol. The minimum absolute atomic E-state index is 0.388. The maximum Gasteiger partial charge on any atom is 0.339 e. The number of nitrogens with zero attached hydrogens (tertiary/aromatic N) is 2. The lowest BCUT2D eigenvalue weighted by Gasteiger charge is -1.90. The van der Waals surface area contributed by atoms with E-state index in [1.807, 2.05) is 0 Å². The Morgan fingerprint density at radius 2 is 2.17 bits per heavy atom. The summed E-state index contributed by atoms with van der Waals surface area (Å²) in [6.45, 7) is 0. The Morgan fingerprint density at radius 1 is 1.58 bits per heavy atom. The molecule has 8 heteroatoms. The summed E-state index contributed by atoms with van der Waals surface area (Å²) in [5.41, 5.74) is 4.80. The minimum Gasteiger partial charge on any atom is -0.350 e. The summed E-state index contributed by atoms with van der Waals surface area (Å²) < 4.78 is 21.9. The van der Waals surface area contributed by atoms with Crippen molar-refractivity contribution in [3.8, 4) is 0 Å². The van der Waals surface area contributed by atoms with E-state index in [-0.39, 0.29) is 5.03 Å². The molecule has 66 valence electrons. The highest BCUT2D eigenvalue weighted by Crippen LogP contribution is 2.00. The molecule has 0 atom stereocenters. The van der Waals surface area contributed by atoms with E-state index in [0.29, 0.717) is 4.68 Å². The van der Waals surface area contributed by atoms with Crippen molar-refractivity contribution in [3.05, 3.63) is 12.3 Å². The molecule has 1 amide bonds. The summed E-state index contributed by atoms with van der Waals surface area (Å²) in [6, 6.07) is 0.213. The molecule has 0 saturated heterocycles. The smallest absolute Gasteiger partial charge is 0.339 e. The van der Waals surface area contributed by atoms with Crippen LogP contribution in [0.15, 0.2) is 17.3 Å². The lowest BCUT2D eigenvalue weighted by atomic mass is 10.7. The van der Waals surface area contributed by atoms with Gasteiger partial charge in [-0.25, -0.2) is 18.4 Å². The van der Waals surface area contributed by atoms with Crippen molar-refractivity contribution in [3.63, 3.8) is 0 Å². The fraction of sp³-hybridized carbons (Fsp3) is 0. The van der Waals surface area contributed by atoms with Crippen LogP contribution in [0.5, 0.6) is 0 Å². The number of hydrogen-bond acceptors (Lipinski definition) is 4. The molecule has 0 saturated carbocycles. The van der Waals surface area contributed by atoms with E-state index in [2.05, 4.69) is 5.10 Å². The highest BCUT2D eigenvalue weighted by molar-refractivity contribution is 7.89. The molecule has 12 heavy (non-hydrogen) atoms. The van der Waals surface area contributed by atoms with Crippen molar-refractivity contribution in [2.45, 2.75) is 5.03 Å². The molecule has 7 nitrogen and oxygen atoms in total. The highest BCUT2D eigenvalue weighted by atomic mass is 32.2. The molecule has 4 N–H and O–H groups in total. The molecule has 1 rings (SSSR count). The van der Waals surface area contributed by atoms with Gasteiger partial charge in [0.1, 0.15) is 0 Å². The molecule has 0 radical (unpaired) electrons. The second kappa shape index (κ2) is 2.57. The van der Waals surface area contributed by atoms with Crippen LogP contribution >= 0.6 is 0 Å². The maximum absolute atomic E-state index is 10.6. The summed E-state index contributed by atoms with van der Waals surface area (Å²) in [5.74, 6) is 0. The monoisotopic (exact) mass is 190 g/mol. The third kappa shape index (κ3) is 1.60. The van der Waals surface area contributed by atoms with E-state index in [1.54, 1.807) is 0 Å². The zero-order valence-corrected chi connectivity index (χ0v) is 6.65. The van der Waals surface area contributed by atoms with Crippen LogP contribution in [0, 0.1) is 0 Å². The van der Waals surface area contributed by atoms with Crippen LogP contribution in [0.25, 0.3) is 0 Å². The zero-order valence-electron chi connectivity index (χ0n) is 5.84. The molecule has 1 heterocycles. The summed E-state index contributed by atoms with van der Waals surface area (Å²) in [7, 11) is -3.86. The first-order valence-corrected chi connectivity index (χ1v) is 4.34. The standard InChI is InChI=1S/C4H6N4O3S/c5-4(9)8-2-1-3(7-8)12(6,10)11/h1-2H,(H2,5,9)(H2,6,10,11). The van der Waals surface area contributed by atoms with Crippen LogP contribution in [0.3, 0.4) is 0 Å². The second-order valence-corrected chi connectivity index (χ2v) is 3.49. The van der Waals surface area contributed by atoms with E-state index in [4.69, 9.17) is 10.9 Å². The predicted molar refractivity (Wildman–Crippen MR) is 38.6 cm³/mol. The van der Waals surface area contributed by atoms with Gasteiger partial charge in [0, 0.05) is 6.20 Å². The summed E-state index contributed by atoms with van der Waals surface area (Å²) >= 11 is 0. The van der Waals surface area contributed by atoms with Gasteiger partial charge in [-0.1, -0.05) is 0 Å². The van der Waals surface area contributed by atoms with E-state index in [9.17, 15) is 13.2 Å². The number of carbonyl (C=O) groups is 1. The topological polar surface area (TPSA) is 121 Å². The van der Waals surface area contributed by atoms with Crippen LogP contribution in [0.1, 0.15) is 0 Å². The molecular weight excluding hydrogens is 184 g/mol. The number of nitrogens with two attached hydrogens (primary N) is 2. The van der Waals surface area contributed by atoms with Crippen molar-refractivity contribution in [2.75, 3.05) is 0 Å². The Bertz CT molecular complexity index is 406. The van der Waals surface area contributed by atoms with E-state index in [1.165, 1.54) is 0 Å². The summed E-state index contributed by atoms with van der Waals surface area (Å²) in [6.07, 6.45) is 1.11. The quantitative estimate of drug-likeness (QED) is 0.557. The normalized spacial score (nSPS) is 11.4. The fourth-order valence-electron chi connectivity index (χ4n) is 0.582. The minimum atomic E-state index is -3.86. The Hall–Kier alpha value is -1.41. The van der Waals surface area contributed by atoms with Gasteiger partial charge in [-0.2, -0.15) is 9.78 Å². The summed E-state index contributed by atoms with van der Waals surface area (Å²) in [5, 5.41) is 7.64. The van der Waals surface area contributed by atoms with Crippen molar-refractivity contribution in [1.82, 2.24) is 9.78 Å². The van der Waals surface area contributed by atoms with Gasteiger partial charge in [0.05, 0.1) is 0 Å². The molecule has 0 spiro atoms. The summed E-state index contributed by atoms with van der Waals surface area (Å²) in [4.78, 5) is 10.4. The molecular formula is C4H6N4O3S. The number of primary amides is 1. The van der Waals surface area contributed by atoms with Crippen molar-refractivity contribution >= 4 is 16.1 Å². The number of rotatable bonds is 1. The predicted octanol–water partition coefficient (Wildman–Crippen LogP) is -1.54. The number of hydrogen-bond donors (Lipinski definition) is 2. The highest BCUT2D eigenvalue weighted by Gasteiger charge is 2.12. The number of sulfonamides is 1. The van der Waals surface area contributed by atoms with Crippen molar-refractivity contribution < 1.29 is 13.2 Å².